The highest BCUT2D eigenvalue weighted by Crippen LogP contribution is 2.26. The van der Waals surface area contributed by atoms with Crippen molar-refractivity contribution in [1.29, 1.82) is 0 Å². The molecule has 0 radical (unpaired) electrons. The van der Waals surface area contributed by atoms with Crippen molar-refractivity contribution in [1.82, 2.24) is 0 Å². The minimum Gasteiger partial charge on any atom is -0.302 e. The lowest BCUT2D eigenvalue weighted by atomic mass is 9.86. The molecule has 1 nitrogen and oxygen atoms in total. The molecular weight excluding hydrogens is 156 g/mol. The first-order chi connectivity index (χ1) is 5.08. The highest BCUT2D eigenvalue weighted by atomic mass is 32.1. The van der Waals surface area contributed by atoms with Crippen molar-refractivity contribution < 1.29 is 4.79 Å². The van der Waals surface area contributed by atoms with Crippen LogP contribution < -0.4 is 0 Å². The summed E-state index contributed by atoms with van der Waals surface area (Å²) in [7, 11) is 0. The number of hydrogen-bond donors (Lipinski definition) is 0. The predicted molar refractivity (Wildman–Crippen MR) is 48.1 cm³/mol. The van der Waals surface area contributed by atoms with Gasteiger partial charge in [-0.3, -0.25) is 0 Å². The first-order valence-corrected chi connectivity index (χ1v) is 4.52. The Morgan fingerprint density at radius 1 is 1.45 bits per heavy atom. The van der Waals surface area contributed by atoms with Gasteiger partial charge >= 0.3 is 0 Å². The summed E-state index contributed by atoms with van der Waals surface area (Å²) in [6.07, 6.45) is 1.00. The zero-order valence-corrected chi connectivity index (χ0v) is 7.87. The first-order valence-electron chi connectivity index (χ1n) is 3.57. The van der Waals surface area contributed by atoms with Crippen LogP contribution in [-0.4, -0.2) is 6.29 Å². The fourth-order valence-electron chi connectivity index (χ4n) is 1.08. The molecule has 0 bridgehead atoms. The largest absolute Gasteiger partial charge is 0.302 e. The van der Waals surface area contributed by atoms with Crippen LogP contribution in [0.4, 0.5) is 0 Å². The van der Waals surface area contributed by atoms with Crippen molar-refractivity contribution in [3.05, 3.63) is 21.9 Å². The average Bonchev–Trinajstić information content (AvgIpc) is 2.36. The third-order valence-electron chi connectivity index (χ3n) is 1.84. The van der Waals surface area contributed by atoms with E-state index >= 15 is 0 Å². The zero-order valence-electron chi connectivity index (χ0n) is 7.05. The minimum atomic E-state index is -0.315. The van der Waals surface area contributed by atoms with E-state index in [0.717, 1.165) is 11.8 Å². The van der Waals surface area contributed by atoms with E-state index in [1.165, 1.54) is 5.56 Å². The molecule has 0 amide bonds. The summed E-state index contributed by atoms with van der Waals surface area (Å²) in [5, 5.41) is 4.12. The molecule has 2 heteroatoms. The Labute approximate surface area is 71.1 Å². The molecule has 0 saturated heterocycles. The lowest BCUT2D eigenvalue weighted by Gasteiger charge is -2.16. The van der Waals surface area contributed by atoms with E-state index in [4.69, 9.17) is 0 Å². The summed E-state index contributed by atoms with van der Waals surface area (Å²) >= 11 is 1.65. The Kier molecular flexibility index (Phi) is 2.14. The molecule has 1 rings (SSSR count). The highest BCUT2D eigenvalue weighted by molar-refractivity contribution is 7.08. The molecule has 0 N–H and O–H groups in total. The van der Waals surface area contributed by atoms with Gasteiger partial charge in [-0.15, -0.1) is 0 Å². The van der Waals surface area contributed by atoms with E-state index in [2.05, 4.69) is 5.38 Å². The predicted octanol–water partition coefficient (Wildman–Crippen LogP) is 2.53. The van der Waals surface area contributed by atoms with Crippen LogP contribution in [0, 0.1) is 6.92 Å². The number of thiophene rings is 1. The Bertz CT molecular complexity index is 260. The maximum absolute atomic E-state index is 10.7. The van der Waals surface area contributed by atoms with Crippen molar-refractivity contribution in [2.75, 3.05) is 0 Å². The third kappa shape index (κ3) is 1.51. The molecular formula is C9H12OS. The van der Waals surface area contributed by atoms with Gasteiger partial charge in [0.2, 0.25) is 0 Å². The Balaban J connectivity index is 3.10. The van der Waals surface area contributed by atoms with Crippen LogP contribution in [0.2, 0.25) is 0 Å². The number of aldehydes is 1. The standard InChI is InChI=1S/C9H12OS/c1-7-4-11-5-8(7)9(2,3)6-10/h4-6H,1-3H3. The highest BCUT2D eigenvalue weighted by Gasteiger charge is 2.21. The van der Waals surface area contributed by atoms with Crippen molar-refractivity contribution in [2.45, 2.75) is 26.2 Å². The van der Waals surface area contributed by atoms with Crippen molar-refractivity contribution in [3.8, 4) is 0 Å². The van der Waals surface area contributed by atoms with Gasteiger partial charge in [0.25, 0.3) is 0 Å². The molecule has 0 aliphatic rings. The van der Waals surface area contributed by atoms with Crippen molar-refractivity contribution >= 4 is 17.6 Å². The fourth-order valence-corrected chi connectivity index (χ4v) is 2.11. The maximum Gasteiger partial charge on any atom is 0.130 e. The van der Waals surface area contributed by atoms with Gasteiger partial charge in [-0.25, -0.2) is 0 Å². The maximum atomic E-state index is 10.7. The molecule has 0 atom stereocenters. The van der Waals surface area contributed by atoms with E-state index in [9.17, 15) is 4.79 Å². The topological polar surface area (TPSA) is 17.1 Å². The van der Waals surface area contributed by atoms with Crippen LogP contribution in [0.25, 0.3) is 0 Å². The minimum absolute atomic E-state index is 0.315. The molecule has 0 aliphatic carbocycles. The summed E-state index contributed by atoms with van der Waals surface area (Å²) < 4.78 is 0. The average molecular weight is 168 g/mol. The van der Waals surface area contributed by atoms with Gasteiger partial charge in [0, 0.05) is 5.41 Å². The van der Waals surface area contributed by atoms with Crippen LogP contribution in [0.15, 0.2) is 10.8 Å². The second kappa shape index (κ2) is 2.78. The number of hydrogen-bond acceptors (Lipinski definition) is 2. The molecule has 0 fully saturated rings. The van der Waals surface area contributed by atoms with Gasteiger partial charge in [0.15, 0.2) is 0 Å². The monoisotopic (exact) mass is 168 g/mol. The van der Waals surface area contributed by atoms with Crippen LogP contribution in [0.5, 0.6) is 0 Å². The lowest BCUT2D eigenvalue weighted by molar-refractivity contribution is -0.111. The first kappa shape index (κ1) is 8.47. The summed E-state index contributed by atoms with van der Waals surface area (Å²) in [5.74, 6) is 0. The van der Waals surface area contributed by atoms with Crippen LogP contribution in [0.1, 0.15) is 25.0 Å². The van der Waals surface area contributed by atoms with E-state index < -0.39 is 0 Å². The molecule has 1 aromatic rings. The molecule has 60 valence electrons. The molecule has 1 heterocycles. The van der Waals surface area contributed by atoms with Gasteiger partial charge in [-0.1, -0.05) is 0 Å². The van der Waals surface area contributed by atoms with Gasteiger partial charge in [0.05, 0.1) is 0 Å². The Morgan fingerprint density at radius 2 is 2.09 bits per heavy atom. The fraction of sp³-hybridized carbons (Fsp3) is 0.444. The second-order valence-electron chi connectivity index (χ2n) is 3.31. The molecule has 11 heavy (non-hydrogen) atoms. The smallest absolute Gasteiger partial charge is 0.130 e. The normalized spacial score (nSPS) is 11.5. The van der Waals surface area contributed by atoms with Crippen LogP contribution in [-0.2, 0) is 10.2 Å². The van der Waals surface area contributed by atoms with Gasteiger partial charge < -0.3 is 4.79 Å². The Hall–Kier alpha value is -0.630. The summed E-state index contributed by atoms with van der Waals surface area (Å²) in [5.41, 5.74) is 2.05. The SMILES string of the molecule is Cc1cscc1C(C)(C)C=O. The number of rotatable bonds is 2. The number of carbonyl (C=O) groups is 1. The summed E-state index contributed by atoms with van der Waals surface area (Å²) in [6.45, 7) is 5.92. The molecule has 0 saturated carbocycles. The molecule has 1 aromatic heterocycles. The van der Waals surface area contributed by atoms with E-state index in [1.54, 1.807) is 11.3 Å². The van der Waals surface area contributed by atoms with Gasteiger partial charge in [-0.05, 0) is 42.7 Å². The molecule has 0 aromatic carbocycles. The number of aryl methyl sites for hydroxylation is 1. The van der Waals surface area contributed by atoms with E-state index in [0.29, 0.717) is 0 Å². The van der Waals surface area contributed by atoms with Crippen molar-refractivity contribution in [2.24, 2.45) is 0 Å². The molecule has 0 unspecified atom stereocenters. The quantitative estimate of drug-likeness (QED) is 0.620. The molecule has 0 spiro atoms. The van der Waals surface area contributed by atoms with Gasteiger partial charge in [-0.2, -0.15) is 11.3 Å². The second-order valence-corrected chi connectivity index (χ2v) is 4.05. The van der Waals surface area contributed by atoms with Crippen LogP contribution >= 0.6 is 11.3 Å². The summed E-state index contributed by atoms with van der Waals surface area (Å²) in [4.78, 5) is 10.7. The third-order valence-corrected chi connectivity index (χ3v) is 2.71. The zero-order chi connectivity index (χ0) is 8.48. The lowest BCUT2D eigenvalue weighted by Crippen LogP contribution is -2.18. The van der Waals surface area contributed by atoms with E-state index in [-0.39, 0.29) is 5.41 Å². The van der Waals surface area contributed by atoms with Crippen LogP contribution in [0.3, 0.4) is 0 Å². The van der Waals surface area contributed by atoms with Gasteiger partial charge in [0.1, 0.15) is 6.29 Å². The molecule has 0 aliphatic heterocycles. The Morgan fingerprint density at radius 3 is 2.45 bits per heavy atom. The van der Waals surface area contributed by atoms with Crippen molar-refractivity contribution in [3.63, 3.8) is 0 Å². The summed E-state index contributed by atoms with van der Waals surface area (Å²) in [6, 6.07) is 0. The number of carbonyl (C=O) groups excluding carboxylic acids is 1. The van der Waals surface area contributed by atoms with E-state index in [1.807, 2.05) is 26.2 Å².